The highest BCUT2D eigenvalue weighted by Gasteiger charge is 2.12. The molecule has 0 aromatic heterocycles. The summed E-state index contributed by atoms with van der Waals surface area (Å²) in [5.74, 6) is -1.06. The number of carboxylic acid groups (broad SMARTS) is 1. The Morgan fingerprint density at radius 1 is 1.21 bits per heavy atom. The number of benzene rings is 2. The number of para-hydroxylation sites is 1. The van der Waals surface area contributed by atoms with Crippen LogP contribution in [0.2, 0.25) is 5.02 Å². The van der Waals surface area contributed by atoms with Gasteiger partial charge in [0.05, 0.1) is 32.1 Å². The lowest BCUT2D eigenvalue weighted by molar-refractivity contribution is 0.0698. The van der Waals surface area contributed by atoms with Gasteiger partial charge in [-0.25, -0.2) is 4.79 Å². The Balaban J connectivity index is 2.42. The number of halogens is 2. The fourth-order valence-electron chi connectivity index (χ4n) is 1.61. The van der Waals surface area contributed by atoms with E-state index in [4.69, 9.17) is 22.4 Å². The van der Waals surface area contributed by atoms with E-state index in [9.17, 15) is 4.79 Å². The number of carboxylic acids is 1. The summed E-state index contributed by atoms with van der Waals surface area (Å²) in [4.78, 5) is 11.0. The average Bonchev–Trinajstić information content (AvgIpc) is 2.37. The second-order valence-corrected chi connectivity index (χ2v) is 5.00. The van der Waals surface area contributed by atoms with Crippen LogP contribution in [0.15, 0.2) is 40.9 Å². The highest BCUT2D eigenvalue weighted by Crippen LogP contribution is 2.34. The van der Waals surface area contributed by atoms with Gasteiger partial charge in [-0.05, 0) is 40.2 Å². The largest absolute Gasteiger partial charge is 0.478 e. The van der Waals surface area contributed by atoms with Gasteiger partial charge in [0, 0.05) is 0 Å². The van der Waals surface area contributed by atoms with E-state index in [0.717, 1.165) is 0 Å². The fraction of sp³-hybridized carbons (Fsp3) is 0. The molecule has 2 rings (SSSR count). The minimum atomic E-state index is -1.06. The molecule has 6 heteroatoms. The van der Waals surface area contributed by atoms with E-state index in [0.29, 0.717) is 20.9 Å². The molecule has 0 atom stereocenters. The molecule has 0 amide bonds. The molecule has 0 spiro atoms. The highest BCUT2D eigenvalue weighted by molar-refractivity contribution is 9.10. The van der Waals surface area contributed by atoms with Gasteiger partial charge in [0.2, 0.25) is 0 Å². The molecule has 4 nitrogen and oxygen atoms in total. The minimum Gasteiger partial charge on any atom is -0.478 e. The van der Waals surface area contributed by atoms with Crippen molar-refractivity contribution in [1.29, 1.82) is 0 Å². The lowest BCUT2D eigenvalue weighted by Gasteiger charge is -2.13. The SMILES string of the molecule is Nc1c(Nc2cccc(Cl)c2Br)cccc1C(=O)O. The molecular formula is C13H10BrClN2O2. The molecule has 19 heavy (non-hydrogen) atoms. The van der Waals surface area contributed by atoms with E-state index < -0.39 is 5.97 Å². The van der Waals surface area contributed by atoms with Gasteiger partial charge in [-0.3, -0.25) is 0 Å². The Hall–Kier alpha value is -1.72. The van der Waals surface area contributed by atoms with Crippen molar-refractivity contribution in [3.8, 4) is 0 Å². The van der Waals surface area contributed by atoms with Gasteiger partial charge in [0.15, 0.2) is 0 Å². The average molecular weight is 342 g/mol. The number of carbonyl (C=O) groups is 1. The molecule has 0 saturated carbocycles. The van der Waals surface area contributed by atoms with Crippen molar-refractivity contribution in [1.82, 2.24) is 0 Å². The van der Waals surface area contributed by atoms with Gasteiger partial charge in [-0.15, -0.1) is 0 Å². The Bertz CT molecular complexity index is 647. The maximum absolute atomic E-state index is 11.0. The monoisotopic (exact) mass is 340 g/mol. The normalized spacial score (nSPS) is 10.2. The van der Waals surface area contributed by atoms with Crippen LogP contribution in [0, 0.1) is 0 Å². The van der Waals surface area contributed by atoms with Gasteiger partial charge in [-0.1, -0.05) is 23.7 Å². The number of aromatic carboxylic acids is 1. The van der Waals surface area contributed by atoms with Crippen molar-refractivity contribution in [2.75, 3.05) is 11.1 Å². The molecule has 0 fully saturated rings. The van der Waals surface area contributed by atoms with Crippen LogP contribution in [0.5, 0.6) is 0 Å². The van der Waals surface area contributed by atoms with Gasteiger partial charge in [-0.2, -0.15) is 0 Å². The molecule has 0 aliphatic carbocycles. The summed E-state index contributed by atoms with van der Waals surface area (Å²) < 4.78 is 0.691. The summed E-state index contributed by atoms with van der Waals surface area (Å²) >= 11 is 9.35. The zero-order chi connectivity index (χ0) is 14.0. The third-order valence-corrected chi connectivity index (χ3v) is 3.96. The second kappa shape index (κ2) is 5.50. The number of anilines is 3. The van der Waals surface area contributed by atoms with Crippen molar-refractivity contribution < 1.29 is 9.90 Å². The van der Waals surface area contributed by atoms with E-state index in [2.05, 4.69) is 21.2 Å². The van der Waals surface area contributed by atoms with Gasteiger partial charge >= 0.3 is 5.97 Å². The minimum absolute atomic E-state index is 0.0585. The Labute approximate surface area is 123 Å². The smallest absolute Gasteiger partial charge is 0.337 e. The van der Waals surface area contributed by atoms with E-state index >= 15 is 0 Å². The van der Waals surface area contributed by atoms with Crippen molar-refractivity contribution in [2.45, 2.75) is 0 Å². The second-order valence-electron chi connectivity index (χ2n) is 3.80. The number of hydrogen-bond donors (Lipinski definition) is 3. The van der Waals surface area contributed by atoms with Crippen LogP contribution in [0.25, 0.3) is 0 Å². The molecule has 0 unspecified atom stereocenters. The Morgan fingerprint density at radius 3 is 2.53 bits per heavy atom. The van der Waals surface area contributed by atoms with Crippen LogP contribution in [-0.4, -0.2) is 11.1 Å². The lowest BCUT2D eigenvalue weighted by atomic mass is 10.1. The molecule has 0 heterocycles. The van der Waals surface area contributed by atoms with E-state index in [1.54, 1.807) is 24.3 Å². The summed E-state index contributed by atoms with van der Waals surface area (Å²) in [7, 11) is 0. The molecule has 2 aromatic rings. The van der Waals surface area contributed by atoms with E-state index in [1.165, 1.54) is 6.07 Å². The van der Waals surface area contributed by atoms with Crippen LogP contribution in [-0.2, 0) is 0 Å². The molecule has 0 radical (unpaired) electrons. The number of hydrogen-bond acceptors (Lipinski definition) is 3. The quantitative estimate of drug-likeness (QED) is 0.734. The van der Waals surface area contributed by atoms with Crippen LogP contribution in [0.4, 0.5) is 17.1 Å². The zero-order valence-electron chi connectivity index (χ0n) is 9.65. The van der Waals surface area contributed by atoms with Crippen LogP contribution in [0.3, 0.4) is 0 Å². The van der Waals surface area contributed by atoms with E-state index in [-0.39, 0.29) is 11.3 Å². The first-order valence-corrected chi connectivity index (χ1v) is 6.50. The van der Waals surface area contributed by atoms with Gasteiger partial charge < -0.3 is 16.2 Å². The summed E-state index contributed by atoms with van der Waals surface area (Å²) in [6, 6.07) is 10.1. The van der Waals surface area contributed by atoms with Gasteiger partial charge in [0.1, 0.15) is 0 Å². The number of rotatable bonds is 3. The predicted molar refractivity (Wildman–Crippen MR) is 80.2 cm³/mol. The Kier molecular flexibility index (Phi) is 3.97. The lowest BCUT2D eigenvalue weighted by Crippen LogP contribution is -2.05. The van der Waals surface area contributed by atoms with Crippen LogP contribution < -0.4 is 11.1 Å². The third kappa shape index (κ3) is 2.83. The summed E-state index contributed by atoms with van der Waals surface area (Å²) in [5.41, 5.74) is 7.30. The molecule has 0 saturated heterocycles. The Morgan fingerprint density at radius 2 is 1.84 bits per heavy atom. The van der Waals surface area contributed by atoms with Gasteiger partial charge in [0.25, 0.3) is 0 Å². The van der Waals surface area contributed by atoms with Crippen molar-refractivity contribution in [3.63, 3.8) is 0 Å². The highest BCUT2D eigenvalue weighted by atomic mass is 79.9. The first-order chi connectivity index (χ1) is 9.00. The summed E-state index contributed by atoms with van der Waals surface area (Å²) in [6.45, 7) is 0. The fourth-order valence-corrected chi connectivity index (χ4v) is 2.14. The maximum Gasteiger partial charge on any atom is 0.337 e. The molecule has 2 aromatic carbocycles. The first kappa shape index (κ1) is 13.7. The van der Waals surface area contributed by atoms with Crippen LogP contribution >= 0.6 is 27.5 Å². The topological polar surface area (TPSA) is 75.3 Å². The standard InChI is InChI=1S/C13H10BrClN2O2/c14-11-8(15)4-2-5-9(11)17-10-6-1-3-7(12(10)16)13(18)19/h1-6,17H,16H2,(H,18,19). The molecule has 0 aliphatic rings. The number of nitrogen functional groups attached to an aromatic ring is 1. The summed E-state index contributed by atoms with van der Waals surface area (Å²) in [6.07, 6.45) is 0. The molecule has 4 N–H and O–H groups in total. The summed E-state index contributed by atoms with van der Waals surface area (Å²) in [5, 5.41) is 12.6. The van der Waals surface area contributed by atoms with E-state index in [1.807, 2.05) is 6.07 Å². The van der Waals surface area contributed by atoms with Crippen molar-refractivity contribution in [2.24, 2.45) is 0 Å². The number of nitrogens with two attached hydrogens (primary N) is 1. The molecular weight excluding hydrogens is 332 g/mol. The van der Waals surface area contributed by atoms with Crippen LogP contribution in [0.1, 0.15) is 10.4 Å². The first-order valence-electron chi connectivity index (χ1n) is 5.33. The predicted octanol–water partition coefficient (Wildman–Crippen LogP) is 4.13. The molecule has 98 valence electrons. The maximum atomic E-state index is 11.0. The molecule has 0 aliphatic heterocycles. The van der Waals surface area contributed by atoms with Crippen molar-refractivity contribution in [3.05, 3.63) is 51.5 Å². The third-order valence-electron chi connectivity index (χ3n) is 2.56. The zero-order valence-corrected chi connectivity index (χ0v) is 12.0. The van der Waals surface area contributed by atoms with Crippen molar-refractivity contribution >= 4 is 50.6 Å². The molecule has 0 bridgehead atoms. The number of nitrogens with one attached hydrogen (secondary N) is 1.